The molecule has 2 atom stereocenters. The standard InChI is InChI=1S/C18H16BrNO3/c1-11(16(21)12-6-4-3-5-7-12)18(23)14-10-13(19)8-9-15(14)20(2)17(18)22/h3-11,23H,1-2H3/t11-,18-/m1/s1. The lowest BCUT2D eigenvalue weighted by Gasteiger charge is -2.28. The summed E-state index contributed by atoms with van der Waals surface area (Å²) >= 11 is 3.36. The largest absolute Gasteiger partial charge is 0.375 e. The Balaban J connectivity index is 2.10. The topological polar surface area (TPSA) is 57.6 Å². The maximum Gasteiger partial charge on any atom is 0.264 e. The van der Waals surface area contributed by atoms with Crippen molar-refractivity contribution in [1.29, 1.82) is 0 Å². The van der Waals surface area contributed by atoms with E-state index in [-0.39, 0.29) is 5.78 Å². The molecule has 23 heavy (non-hydrogen) atoms. The number of benzene rings is 2. The van der Waals surface area contributed by atoms with E-state index in [0.29, 0.717) is 16.8 Å². The Hall–Kier alpha value is -1.98. The Morgan fingerprint density at radius 3 is 2.52 bits per heavy atom. The highest BCUT2D eigenvalue weighted by Crippen LogP contribution is 2.45. The predicted molar refractivity (Wildman–Crippen MR) is 91.4 cm³/mol. The first-order chi connectivity index (χ1) is 10.9. The zero-order chi connectivity index (χ0) is 16.8. The number of aliphatic hydroxyl groups is 1. The third kappa shape index (κ3) is 2.31. The van der Waals surface area contributed by atoms with Crippen molar-refractivity contribution >= 4 is 33.3 Å². The van der Waals surface area contributed by atoms with Crippen LogP contribution >= 0.6 is 15.9 Å². The number of Topliss-reactive ketones (excluding diaryl/α,β-unsaturated/α-hetero) is 1. The van der Waals surface area contributed by atoms with Gasteiger partial charge in [-0.05, 0) is 18.2 Å². The van der Waals surface area contributed by atoms with Gasteiger partial charge in [-0.3, -0.25) is 9.59 Å². The normalized spacial score (nSPS) is 21.2. The van der Waals surface area contributed by atoms with Crippen LogP contribution in [-0.2, 0) is 10.4 Å². The molecule has 2 aromatic carbocycles. The van der Waals surface area contributed by atoms with E-state index in [4.69, 9.17) is 0 Å². The average molecular weight is 374 g/mol. The number of amides is 1. The van der Waals surface area contributed by atoms with Crippen LogP contribution in [0, 0.1) is 5.92 Å². The second kappa shape index (κ2) is 5.58. The molecule has 0 saturated carbocycles. The van der Waals surface area contributed by atoms with Gasteiger partial charge in [0.1, 0.15) is 0 Å². The van der Waals surface area contributed by atoms with Crippen LogP contribution in [-0.4, -0.2) is 23.8 Å². The number of carbonyl (C=O) groups is 2. The summed E-state index contributed by atoms with van der Waals surface area (Å²) in [6, 6.07) is 14.0. The number of halogens is 1. The molecule has 1 amide bonds. The molecule has 1 N–H and O–H groups in total. The summed E-state index contributed by atoms with van der Waals surface area (Å²) < 4.78 is 0.747. The maximum atomic E-state index is 12.7. The van der Waals surface area contributed by atoms with Crippen LogP contribution < -0.4 is 4.90 Å². The monoisotopic (exact) mass is 373 g/mol. The quantitative estimate of drug-likeness (QED) is 0.840. The van der Waals surface area contributed by atoms with Crippen molar-refractivity contribution in [1.82, 2.24) is 0 Å². The van der Waals surface area contributed by atoms with Gasteiger partial charge in [-0.2, -0.15) is 0 Å². The Labute approximate surface area is 142 Å². The number of nitrogens with zero attached hydrogens (tertiary/aromatic N) is 1. The minimum absolute atomic E-state index is 0.261. The lowest BCUT2D eigenvalue weighted by Crippen LogP contribution is -2.46. The first kappa shape index (κ1) is 15.9. The highest BCUT2D eigenvalue weighted by Gasteiger charge is 2.54. The van der Waals surface area contributed by atoms with Crippen molar-refractivity contribution < 1.29 is 14.7 Å². The van der Waals surface area contributed by atoms with Crippen molar-refractivity contribution in [3.8, 4) is 0 Å². The molecule has 0 bridgehead atoms. The molecular formula is C18H16BrNO3. The van der Waals surface area contributed by atoms with Crippen LogP contribution in [0.25, 0.3) is 0 Å². The van der Waals surface area contributed by atoms with Gasteiger partial charge in [0.2, 0.25) is 0 Å². The molecule has 4 nitrogen and oxygen atoms in total. The van der Waals surface area contributed by atoms with E-state index in [1.54, 1.807) is 56.4 Å². The third-order valence-electron chi connectivity index (χ3n) is 4.44. The van der Waals surface area contributed by atoms with Crippen molar-refractivity contribution in [3.63, 3.8) is 0 Å². The molecule has 5 heteroatoms. The van der Waals surface area contributed by atoms with Crippen molar-refractivity contribution in [3.05, 3.63) is 64.1 Å². The van der Waals surface area contributed by atoms with Crippen molar-refractivity contribution in [2.24, 2.45) is 5.92 Å². The molecule has 2 aromatic rings. The number of ketones is 1. The molecule has 0 fully saturated rings. The molecule has 0 radical (unpaired) electrons. The highest BCUT2D eigenvalue weighted by molar-refractivity contribution is 9.10. The molecule has 0 saturated heterocycles. The van der Waals surface area contributed by atoms with Crippen molar-refractivity contribution in [2.75, 3.05) is 11.9 Å². The molecule has 0 aliphatic carbocycles. The van der Waals surface area contributed by atoms with E-state index in [9.17, 15) is 14.7 Å². The second-order valence-electron chi connectivity index (χ2n) is 5.74. The molecular weight excluding hydrogens is 358 g/mol. The average Bonchev–Trinajstić information content (AvgIpc) is 2.76. The molecule has 0 unspecified atom stereocenters. The van der Waals surface area contributed by atoms with Gasteiger partial charge in [-0.25, -0.2) is 0 Å². The van der Waals surface area contributed by atoms with Gasteiger partial charge in [-0.1, -0.05) is 53.2 Å². The zero-order valence-electron chi connectivity index (χ0n) is 12.8. The van der Waals surface area contributed by atoms with Crippen LogP contribution in [0.1, 0.15) is 22.8 Å². The minimum atomic E-state index is -1.86. The Kier molecular flexibility index (Phi) is 3.86. The highest BCUT2D eigenvalue weighted by atomic mass is 79.9. The summed E-state index contributed by atoms with van der Waals surface area (Å²) in [7, 11) is 1.60. The number of rotatable bonds is 3. The summed E-state index contributed by atoms with van der Waals surface area (Å²) in [5.41, 5.74) is -0.308. The van der Waals surface area contributed by atoms with Crippen molar-refractivity contribution in [2.45, 2.75) is 12.5 Å². The summed E-state index contributed by atoms with van der Waals surface area (Å²) in [5, 5.41) is 11.2. The lowest BCUT2D eigenvalue weighted by atomic mass is 9.79. The molecule has 0 spiro atoms. The number of fused-ring (bicyclic) bond motifs is 1. The van der Waals surface area contributed by atoms with Gasteiger partial charge >= 0.3 is 0 Å². The van der Waals surface area contributed by atoms with E-state index >= 15 is 0 Å². The third-order valence-corrected chi connectivity index (χ3v) is 4.93. The van der Waals surface area contributed by atoms with Gasteiger partial charge in [0.05, 0.1) is 11.6 Å². The second-order valence-corrected chi connectivity index (χ2v) is 6.66. The van der Waals surface area contributed by atoms with Crippen LogP contribution in [0.4, 0.5) is 5.69 Å². The Bertz CT molecular complexity index is 790. The van der Waals surface area contributed by atoms with Gasteiger partial charge < -0.3 is 10.0 Å². The van der Waals surface area contributed by atoms with Gasteiger partial charge in [0.25, 0.3) is 5.91 Å². The molecule has 3 rings (SSSR count). The lowest BCUT2D eigenvalue weighted by molar-refractivity contribution is -0.139. The number of carbonyl (C=O) groups excluding carboxylic acids is 2. The summed E-state index contributed by atoms with van der Waals surface area (Å²) in [6.07, 6.45) is 0. The fourth-order valence-electron chi connectivity index (χ4n) is 3.05. The van der Waals surface area contributed by atoms with Crippen LogP contribution in [0.3, 0.4) is 0 Å². The maximum absolute atomic E-state index is 12.7. The van der Waals surface area contributed by atoms with Crippen LogP contribution in [0.2, 0.25) is 0 Å². The molecule has 1 heterocycles. The number of anilines is 1. The number of hydrogen-bond acceptors (Lipinski definition) is 3. The molecule has 1 aliphatic heterocycles. The van der Waals surface area contributed by atoms with Gasteiger partial charge in [0, 0.05) is 22.6 Å². The smallest absolute Gasteiger partial charge is 0.264 e. The Morgan fingerprint density at radius 1 is 1.22 bits per heavy atom. The summed E-state index contributed by atoms with van der Waals surface area (Å²) in [6.45, 7) is 1.59. The van der Waals surface area contributed by atoms with E-state index in [1.807, 2.05) is 6.07 Å². The summed E-state index contributed by atoms with van der Waals surface area (Å²) in [4.78, 5) is 26.8. The Morgan fingerprint density at radius 2 is 1.87 bits per heavy atom. The van der Waals surface area contributed by atoms with Crippen LogP contribution in [0.15, 0.2) is 53.0 Å². The number of likely N-dealkylation sites (N-methyl/N-ethyl adjacent to an activating group) is 1. The molecule has 0 aromatic heterocycles. The van der Waals surface area contributed by atoms with E-state index in [1.165, 1.54) is 4.90 Å². The van der Waals surface area contributed by atoms with Crippen LogP contribution in [0.5, 0.6) is 0 Å². The molecule has 1 aliphatic rings. The summed E-state index contributed by atoms with van der Waals surface area (Å²) in [5.74, 6) is -1.64. The zero-order valence-corrected chi connectivity index (χ0v) is 14.4. The first-order valence-electron chi connectivity index (χ1n) is 7.27. The fourth-order valence-corrected chi connectivity index (χ4v) is 3.41. The van der Waals surface area contributed by atoms with E-state index in [0.717, 1.165) is 4.47 Å². The van der Waals surface area contributed by atoms with E-state index < -0.39 is 17.4 Å². The van der Waals surface area contributed by atoms with Gasteiger partial charge in [0.15, 0.2) is 11.4 Å². The SMILES string of the molecule is C[C@H](C(=O)c1ccccc1)[C@]1(O)C(=O)N(C)c2ccc(Br)cc21. The van der Waals surface area contributed by atoms with Gasteiger partial charge in [-0.15, -0.1) is 0 Å². The number of hydrogen-bond donors (Lipinski definition) is 1. The fraction of sp³-hybridized carbons (Fsp3) is 0.222. The first-order valence-corrected chi connectivity index (χ1v) is 8.06. The predicted octanol–water partition coefficient (Wildman–Crippen LogP) is 3.13. The molecule has 118 valence electrons. The van der Waals surface area contributed by atoms with E-state index in [2.05, 4.69) is 15.9 Å². The minimum Gasteiger partial charge on any atom is -0.375 e.